The molecule has 0 fully saturated rings. The molecule has 0 unspecified atom stereocenters. The van der Waals surface area contributed by atoms with Gasteiger partial charge in [0.05, 0.1) is 55.8 Å². The molecule has 1 rings (SSSR count). The molecule has 0 aliphatic carbocycles. The lowest BCUT2D eigenvalue weighted by molar-refractivity contribution is 0.218. The number of ether oxygens (including phenoxy) is 3. The Hall–Kier alpha value is -2.25. The molecule has 0 radical (unpaired) electrons. The van der Waals surface area contributed by atoms with Crippen LogP contribution in [0.1, 0.15) is 0 Å². The first-order valence-electron chi connectivity index (χ1n) is 10.9. The number of nitrogens with zero attached hydrogens (tertiary/aromatic N) is 3. The molecule has 0 aromatic carbocycles. The van der Waals surface area contributed by atoms with Crippen LogP contribution >= 0.6 is 72.8 Å². The maximum atomic E-state index is 13.0. The van der Waals surface area contributed by atoms with Crippen molar-refractivity contribution in [2.24, 2.45) is 0 Å². The molecular weight excluding hydrogens is 631 g/mol. The van der Waals surface area contributed by atoms with E-state index < -0.39 is 17.1 Å². The Morgan fingerprint density at radius 2 is 0.846 bits per heavy atom. The topological polar surface area (TPSA) is 121 Å². The van der Waals surface area contributed by atoms with Crippen molar-refractivity contribution in [3.05, 3.63) is 69.4 Å². The van der Waals surface area contributed by atoms with E-state index in [1.54, 1.807) is 18.2 Å². The molecule has 39 heavy (non-hydrogen) atoms. The summed E-state index contributed by atoms with van der Waals surface area (Å²) in [7, 11) is 0. The van der Waals surface area contributed by atoms with Crippen molar-refractivity contribution in [3.8, 4) is 0 Å². The van der Waals surface area contributed by atoms with Gasteiger partial charge >= 0.3 is 32.8 Å². The highest BCUT2D eigenvalue weighted by Gasteiger charge is 2.17. The molecule has 0 aliphatic rings. The highest BCUT2D eigenvalue weighted by Crippen LogP contribution is 2.06. The first-order valence-corrected chi connectivity index (χ1v) is 14.9. The number of thiocarbonyl (C=S) groups is 3. The number of rotatable bonds is 18. The molecular formula is C21H27N3O9S6. The van der Waals surface area contributed by atoms with E-state index in [2.05, 4.69) is 19.7 Å². The minimum atomic E-state index is -0.880. The van der Waals surface area contributed by atoms with Gasteiger partial charge < -0.3 is 26.8 Å². The van der Waals surface area contributed by atoms with Crippen molar-refractivity contribution >= 4 is 88.5 Å². The fourth-order valence-electron chi connectivity index (χ4n) is 2.38. The largest absolute Gasteiger partial charge is 0.454 e. The average Bonchev–Trinajstić information content (AvgIpc) is 2.90. The third-order valence-corrected chi connectivity index (χ3v) is 6.77. The van der Waals surface area contributed by atoms with E-state index in [1.165, 1.54) is 0 Å². The van der Waals surface area contributed by atoms with E-state index >= 15 is 0 Å². The Labute approximate surface area is 253 Å². The number of hydrogen-bond acceptors (Lipinski definition) is 15. The quantitative estimate of drug-likeness (QED) is 0.0995. The van der Waals surface area contributed by atoms with Gasteiger partial charge in [-0.05, 0) is 0 Å². The van der Waals surface area contributed by atoms with Crippen molar-refractivity contribution < 1.29 is 26.8 Å². The van der Waals surface area contributed by atoms with E-state index in [0.29, 0.717) is 17.3 Å². The van der Waals surface area contributed by atoms with Crippen molar-refractivity contribution in [1.29, 1.82) is 0 Å². The van der Waals surface area contributed by atoms with E-state index in [9.17, 15) is 14.4 Å². The SMILES string of the molecule is C=CCSOC(=S)OCCn1c(=O)n(CCOC(=S)OSCC=C)c(=O)n(CCOC(=S)OSCC=C)c1=O. The molecule has 18 heteroatoms. The number of hydrogen-bond donors (Lipinski definition) is 0. The predicted octanol–water partition coefficient (Wildman–Crippen LogP) is 2.63. The summed E-state index contributed by atoms with van der Waals surface area (Å²) in [5, 5.41) is -0.553. The van der Waals surface area contributed by atoms with Gasteiger partial charge in [-0.1, -0.05) is 18.2 Å². The zero-order valence-electron chi connectivity index (χ0n) is 20.7. The molecule has 1 aromatic rings. The normalized spacial score (nSPS) is 10.2. The van der Waals surface area contributed by atoms with Gasteiger partial charge in [-0.3, -0.25) is 0 Å². The van der Waals surface area contributed by atoms with E-state index in [4.69, 9.17) is 63.4 Å². The summed E-state index contributed by atoms with van der Waals surface area (Å²) in [6.07, 6.45) is 4.84. The molecule has 0 saturated carbocycles. The van der Waals surface area contributed by atoms with Gasteiger partial charge in [-0.2, -0.15) is 0 Å². The average molecular weight is 658 g/mol. The Morgan fingerprint density at radius 3 is 1.08 bits per heavy atom. The Balaban J connectivity index is 3.03. The van der Waals surface area contributed by atoms with E-state index in [1.807, 2.05) is 0 Å². The van der Waals surface area contributed by atoms with Crippen LogP contribution in [0.5, 0.6) is 0 Å². The van der Waals surface area contributed by atoms with E-state index in [-0.39, 0.29) is 55.2 Å². The van der Waals surface area contributed by atoms with Gasteiger partial charge in [0, 0.05) is 53.9 Å². The summed E-state index contributed by atoms with van der Waals surface area (Å²) in [4.78, 5) is 39.1. The van der Waals surface area contributed by atoms with Gasteiger partial charge in [0.25, 0.3) is 0 Å². The molecule has 0 N–H and O–H groups in total. The molecule has 0 atom stereocenters. The van der Waals surface area contributed by atoms with Gasteiger partial charge in [0.2, 0.25) is 0 Å². The summed E-state index contributed by atoms with van der Waals surface area (Å²) in [5.41, 5.74) is -2.64. The van der Waals surface area contributed by atoms with Crippen LogP contribution in [0.2, 0.25) is 0 Å². The monoisotopic (exact) mass is 657 g/mol. The zero-order valence-corrected chi connectivity index (χ0v) is 25.6. The summed E-state index contributed by atoms with van der Waals surface area (Å²) in [5.74, 6) is 1.43. The molecule has 0 aliphatic heterocycles. The molecule has 0 spiro atoms. The number of aromatic nitrogens is 3. The smallest absolute Gasteiger partial charge is 0.364 e. The van der Waals surface area contributed by atoms with E-state index in [0.717, 1.165) is 49.8 Å². The van der Waals surface area contributed by atoms with Gasteiger partial charge in [-0.15, -0.1) is 19.7 Å². The Morgan fingerprint density at radius 1 is 0.590 bits per heavy atom. The van der Waals surface area contributed by atoms with Crippen LogP contribution in [-0.2, 0) is 46.4 Å². The highest BCUT2D eigenvalue weighted by atomic mass is 32.2. The van der Waals surface area contributed by atoms with Gasteiger partial charge in [0.15, 0.2) is 0 Å². The van der Waals surface area contributed by atoms with Crippen molar-refractivity contribution in [3.63, 3.8) is 0 Å². The van der Waals surface area contributed by atoms with Crippen LogP contribution in [0.3, 0.4) is 0 Å². The van der Waals surface area contributed by atoms with Gasteiger partial charge in [0.1, 0.15) is 19.8 Å². The first-order chi connectivity index (χ1) is 18.8. The van der Waals surface area contributed by atoms with Gasteiger partial charge in [-0.25, -0.2) is 28.1 Å². The third-order valence-electron chi connectivity index (χ3n) is 3.93. The molecule has 12 nitrogen and oxygen atoms in total. The second-order valence-electron chi connectivity index (χ2n) is 6.57. The minimum Gasteiger partial charge on any atom is -0.454 e. The fourth-order valence-corrected chi connectivity index (χ4v) is 3.99. The summed E-state index contributed by atoms with van der Waals surface area (Å²) < 4.78 is 33.5. The zero-order chi connectivity index (χ0) is 29.0. The van der Waals surface area contributed by atoms with Crippen LogP contribution in [0.25, 0.3) is 0 Å². The summed E-state index contributed by atoms with van der Waals surface area (Å²) in [6.45, 7) is 9.45. The lowest BCUT2D eigenvalue weighted by Gasteiger charge is -2.15. The fraction of sp³-hybridized carbons (Fsp3) is 0.429. The maximum absolute atomic E-state index is 13.0. The second-order valence-corrected chi connectivity index (χ2v) is 9.77. The summed E-state index contributed by atoms with van der Waals surface area (Å²) >= 11 is 17.8. The standard InChI is InChI=1S/C21H27N3O9S6/c1-4-13-37-31-19(34)28-10-7-22-16(25)23(8-11-29-20(35)32-38-14-5-2)18(27)24(17(22)26)9-12-30-21(36)33-39-15-6-3/h4-6H,1-3,7-15H2. The molecule has 0 bridgehead atoms. The lowest BCUT2D eigenvalue weighted by Crippen LogP contribution is -2.55. The molecule has 0 amide bonds. The van der Waals surface area contributed by atoms with Crippen molar-refractivity contribution in [2.75, 3.05) is 37.1 Å². The minimum absolute atomic E-state index is 0.176. The predicted molar refractivity (Wildman–Crippen MR) is 166 cm³/mol. The molecule has 216 valence electrons. The molecule has 0 saturated heterocycles. The molecule has 1 heterocycles. The Bertz CT molecular complexity index is 1010. The van der Waals surface area contributed by atoms with Crippen LogP contribution in [0.15, 0.2) is 52.3 Å². The lowest BCUT2D eigenvalue weighted by atomic mass is 10.5. The van der Waals surface area contributed by atoms with Crippen molar-refractivity contribution in [2.45, 2.75) is 19.6 Å². The third kappa shape index (κ3) is 13.6. The van der Waals surface area contributed by atoms with Crippen LogP contribution < -0.4 is 17.1 Å². The first kappa shape index (κ1) is 34.8. The Kier molecular flexibility index (Phi) is 18.4. The van der Waals surface area contributed by atoms with Crippen LogP contribution in [-0.4, -0.2) is 66.5 Å². The van der Waals surface area contributed by atoms with Crippen LogP contribution in [0, 0.1) is 0 Å². The second kappa shape index (κ2) is 20.6. The maximum Gasteiger partial charge on any atom is 0.364 e. The van der Waals surface area contributed by atoms with Crippen molar-refractivity contribution in [1.82, 2.24) is 13.7 Å². The summed E-state index contributed by atoms with van der Waals surface area (Å²) in [6, 6.07) is 0. The van der Waals surface area contributed by atoms with Crippen LogP contribution in [0.4, 0.5) is 0 Å². The molecule has 1 aromatic heterocycles. The highest BCUT2D eigenvalue weighted by molar-refractivity contribution is 7.96.